The van der Waals surface area contributed by atoms with Gasteiger partial charge in [0, 0.05) is 17.0 Å². The molecule has 2 N–H and O–H groups in total. The molecule has 0 bridgehead atoms. The van der Waals surface area contributed by atoms with Gasteiger partial charge in [-0.3, -0.25) is 9.59 Å². The molecule has 3 rings (SSSR count). The maximum Gasteiger partial charge on any atom is 0.304 e. The van der Waals surface area contributed by atoms with E-state index in [-0.39, 0.29) is 12.3 Å². The number of hydrogen-bond donors (Lipinski definition) is 2. The van der Waals surface area contributed by atoms with Crippen LogP contribution in [0, 0.1) is 5.41 Å². The molecule has 1 heterocycles. The van der Waals surface area contributed by atoms with E-state index in [1.807, 2.05) is 50.3 Å². The normalized spacial score (nSPS) is 14.7. The van der Waals surface area contributed by atoms with E-state index in [0.29, 0.717) is 24.4 Å². The lowest BCUT2D eigenvalue weighted by molar-refractivity contribution is -0.144. The van der Waals surface area contributed by atoms with Gasteiger partial charge in [0.05, 0.1) is 17.5 Å². The molecule has 1 amide bonds. The number of nitrogens with one attached hydrogen (secondary N) is 1. The molecule has 0 spiro atoms. The van der Waals surface area contributed by atoms with E-state index in [1.165, 1.54) is 25.0 Å². The zero-order chi connectivity index (χ0) is 20.9. The predicted octanol–water partition coefficient (Wildman–Crippen LogP) is 5.80. The number of nitrogens with zero attached hydrogens (tertiary/aromatic N) is 1. The first kappa shape index (κ1) is 21.2. The number of hydrogen-bond acceptors (Lipinski definition) is 4. The number of benzene rings is 1. The second-order valence-electron chi connectivity index (χ2n) is 7.71. The maximum absolute atomic E-state index is 12.8. The van der Waals surface area contributed by atoms with E-state index in [2.05, 4.69) is 10.7 Å². The third kappa shape index (κ3) is 5.12. The summed E-state index contributed by atoms with van der Waals surface area (Å²) in [6.07, 6.45) is 8.57. The van der Waals surface area contributed by atoms with Gasteiger partial charge in [0.1, 0.15) is 5.01 Å². The molecule has 0 radical (unpaired) electrons. The van der Waals surface area contributed by atoms with Crippen molar-refractivity contribution in [2.24, 2.45) is 5.41 Å². The lowest BCUT2D eigenvalue weighted by Crippen LogP contribution is -2.37. The maximum atomic E-state index is 12.8. The van der Waals surface area contributed by atoms with Gasteiger partial charge in [-0.15, -0.1) is 11.3 Å². The monoisotopic (exact) mass is 412 g/mol. The van der Waals surface area contributed by atoms with Crippen molar-refractivity contribution >= 4 is 41.1 Å². The summed E-state index contributed by atoms with van der Waals surface area (Å²) < 4.78 is 0. The largest absolute Gasteiger partial charge is 0.481 e. The first-order valence-corrected chi connectivity index (χ1v) is 11.1. The summed E-state index contributed by atoms with van der Waals surface area (Å²) >= 11 is 1.65. The molecular weight excluding hydrogens is 384 g/mol. The van der Waals surface area contributed by atoms with Crippen molar-refractivity contribution in [3.63, 3.8) is 0 Å². The third-order valence-corrected chi connectivity index (χ3v) is 6.78. The van der Waals surface area contributed by atoms with Crippen molar-refractivity contribution in [2.45, 2.75) is 58.3 Å². The Labute approximate surface area is 175 Å². The van der Waals surface area contributed by atoms with Crippen LogP contribution in [-0.2, 0) is 9.59 Å². The molecule has 0 saturated heterocycles. The molecule has 1 aromatic carbocycles. The number of amides is 1. The molecule has 0 unspecified atom stereocenters. The number of carboxylic acids is 1. The fraction of sp³-hybridized carbons (Fsp3) is 0.435. The smallest absolute Gasteiger partial charge is 0.304 e. The van der Waals surface area contributed by atoms with Gasteiger partial charge in [-0.1, -0.05) is 38.5 Å². The van der Waals surface area contributed by atoms with Crippen molar-refractivity contribution in [1.82, 2.24) is 4.98 Å². The molecule has 6 heteroatoms. The molecule has 0 atom stereocenters. The van der Waals surface area contributed by atoms with E-state index in [9.17, 15) is 14.7 Å². The highest BCUT2D eigenvalue weighted by atomic mass is 32.1. The van der Waals surface area contributed by atoms with E-state index in [4.69, 9.17) is 4.98 Å². The number of aromatic nitrogens is 1. The molecule has 2 aromatic rings. The third-order valence-electron chi connectivity index (χ3n) is 5.95. The number of carboxylic acid groups (broad SMARTS) is 1. The van der Waals surface area contributed by atoms with E-state index in [1.54, 1.807) is 11.3 Å². The summed E-state index contributed by atoms with van der Waals surface area (Å²) in [6, 6.07) is 7.57. The minimum atomic E-state index is -0.953. The Bertz CT molecular complexity index is 895. The summed E-state index contributed by atoms with van der Waals surface area (Å²) in [5.41, 5.74) is 1.94. The van der Waals surface area contributed by atoms with Gasteiger partial charge in [0.2, 0.25) is 5.91 Å². The topological polar surface area (TPSA) is 79.3 Å². The van der Waals surface area contributed by atoms with Crippen molar-refractivity contribution in [3.8, 4) is 0 Å². The Hall–Kier alpha value is -2.47. The lowest BCUT2D eigenvalue weighted by atomic mass is 9.78. The number of carbonyl (C=O) groups excluding carboxylic acids is 1. The van der Waals surface area contributed by atoms with Crippen molar-refractivity contribution in [3.05, 3.63) is 45.9 Å². The molecule has 0 aliphatic heterocycles. The van der Waals surface area contributed by atoms with Crippen LogP contribution in [0.15, 0.2) is 29.6 Å². The number of rotatable bonds is 9. The quantitative estimate of drug-likeness (QED) is 0.545. The fourth-order valence-electron chi connectivity index (χ4n) is 3.61. The minimum Gasteiger partial charge on any atom is -0.481 e. The molecule has 1 saturated carbocycles. The van der Waals surface area contributed by atoms with E-state index < -0.39 is 11.4 Å². The van der Waals surface area contributed by atoms with Crippen LogP contribution >= 0.6 is 11.3 Å². The van der Waals surface area contributed by atoms with Gasteiger partial charge in [-0.2, -0.15) is 0 Å². The van der Waals surface area contributed by atoms with Crippen molar-refractivity contribution < 1.29 is 14.7 Å². The molecule has 29 heavy (non-hydrogen) atoms. The number of aliphatic carboxylic acids is 1. The average Bonchev–Trinajstić information content (AvgIpc) is 3.11. The van der Waals surface area contributed by atoms with Gasteiger partial charge in [0.15, 0.2) is 0 Å². The van der Waals surface area contributed by atoms with Crippen LogP contribution in [0.4, 0.5) is 5.69 Å². The Morgan fingerprint density at radius 3 is 2.66 bits per heavy atom. The molecule has 5 nitrogen and oxygen atoms in total. The molecule has 1 fully saturated rings. The van der Waals surface area contributed by atoms with E-state index in [0.717, 1.165) is 10.6 Å². The Morgan fingerprint density at radius 1 is 1.28 bits per heavy atom. The minimum absolute atomic E-state index is 0.168. The summed E-state index contributed by atoms with van der Waals surface area (Å²) in [4.78, 5) is 28.8. The highest BCUT2D eigenvalue weighted by Gasteiger charge is 2.37. The van der Waals surface area contributed by atoms with Crippen LogP contribution in [-0.4, -0.2) is 22.0 Å². The zero-order valence-corrected chi connectivity index (χ0v) is 17.8. The highest BCUT2D eigenvalue weighted by Crippen LogP contribution is 2.37. The predicted molar refractivity (Wildman–Crippen MR) is 118 cm³/mol. The standard InChI is InChI=1S/C23H28N2O3S/c1-3-23(4-2,14-21(26)27)22(28)24-18-10-5-7-16(13-18)11-12-20-25-19(15-29-20)17-8-6-9-17/h5,7,10-13,15,17H,3-4,6,8-9,14H2,1-2H3,(H,24,28)(H,26,27)/b12-11+. The van der Waals surface area contributed by atoms with Crippen LogP contribution in [0.25, 0.3) is 12.2 Å². The second-order valence-corrected chi connectivity index (χ2v) is 8.60. The molecule has 1 aliphatic carbocycles. The Morgan fingerprint density at radius 2 is 2.03 bits per heavy atom. The van der Waals surface area contributed by atoms with Crippen molar-refractivity contribution in [2.75, 3.05) is 5.32 Å². The Balaban J connectivity index is 1.69. The summed E-state index contributed by atoms with van der Waals surface area (Å²) in [6.45, 7) is 3.72. The first-order chi connectivity index (χ1) is 14.0. The van der Waals surface area contributed by atoms with Crippen LogP contribution in [0.2, 0.25) is 0 Å². The second kappa shape index (κ2) is 9.35. The average molecular weight is 413 g/mol. The molecule has 154 valence electrons. The first-order valence-electron chi connectivity index (χ1n) is 10.2. The van der Waals surface area contributed by atoms with E-state index >= 15 is 0 Å². The van der Waals surface area contributed by atoms with Crippen LogP contribution < -0.4 is 5.32 Å². The number of thiazole rings is 1. The van der Waals surface area contributed by atoms with Crippen LogP contribution in [0.3, 0.4) is 0 Å². The number of anilines is 1. The lowest BCUT2D eigenvalue weighted by Gasteiger charge is -2.28. The molecule has 1 aromatic heterocycles. The fourth-order valence-corrected chi connectivity index (χ4v) is 4.40. The zero-order valence-electron chi connectivity index (χ0n) is 17.0. The van der Waals surface area contributed by atoms with Crippen molar-refractivity contribution in [1.29, 1.82) is 0 Å². The summed E-state index contributed by atoms with van der Waals surface area (Å²) in [7, 11) is 0. The van der Waals surface area contributed by atoms with Gasteiger partial charge in [0.25, 0.3) is 0 Å². The van der Waals surface area contributed by atoms with Crippen LogP contribution in [0.1, 0.15) is 74.6 Å². The van der Waals surface area contributed by atoms with Crippen LogP contribution in [0.5, 0.6) is 0 Å². The Kier molecular flexibility index (Phi) is 6.85. The highest BCUT2D eigenvalue weighted by molar-refractivity contribution is 7.10. The summed E-state index contributed by atoms with van der Waals surface area (Å²) in [5.74, 6) is -0.559. The summed E-state index contributed by atoms with van der Waals surface area (Å²) in [5, 5.41) is 15.3. The van der Waals surface area contributed by atoms with Gasteiger partial charge in [-0.25, -0.2) is 4.98 Å². The molecular formula is C23H28N2O3S. The SMILES string of the molecule is CCC(CC)(CC(=O)O)C(=O)Nc1cccc(/C=C/c2nc(C3CCC3)cs2)c1. The van der Waals surface area contributed by atoms with Gasteiger partial charge in [-0.05, 0) is 49.5 Å². The van der Waals surface area contributed by atoms with Gasteiger partial charge >= 0.3 is 5.97 Å². The molecule has 1 aliphatic rings. The van der Waals surface area contributed by atoms with Gasteiger partial charge < -0.3 is 10.4 Å². The number of carbonyl (C=O) groups is 2.